The number of non-ortho nitro benzene ring substituents is 1. The molecular formula is C20H24N4O5. The molecule has 2 aliphatic rings. The molecule has 0 saturated carbocycles. The number of carbonyl (C=O) groups is 1. The van der Waals surface area contributed by atoms with Crippen molar-refractivity contribution in [2.75, 3.05) is 26.3 Å². The molecular weight excluding hydrogens is 376 g/mol. The highest BCUT2D eigenvalue weighted by Gasteiger charge is 2.26. The van der Waals surface area contributed by atoms with Crippen LogP contribution in [0.5, 0.6) is 0 Å². The molecule has 9 nitrogen and oxygen atoms in total. The lowest BCUT2D eigenvalue weighted by Gasteiger charge is -2.32. The molecule has 1 aromatic heterocycles. The van der Waals surface area contributed by atoms with Crippen LogP contribution in [0.2, 0.25) is 0 Å². The lowest BCUT2D eigenvalue weighted by Crippen LogP contribution is -2.41. The smallest absolute Gasteiger partial charge is 0.271 e. The molecule has 0 bridgehead atoms. The monoisotopic (exact) mass is 400 g/mol. The summed E-state index contributed by atoms with van der Waals surface area (Å²) in [7, 11) is 0. The number of hydrogen-bond acceptors (Lipinski definition) is 6. The third kappa shape index (κ3) is 4.63. The van der Waals surface area contributed by atoms with Gasteiger partial charge in [-0.2, -0.15) is 0 Å². The second-order valence-corrected chi connectivity index (χ2v) is 7.41. The summed E-state index contributed by atoms with van der Waals surface area (Å²) in [6, 6.07) is 6.17. The maximum absolute atomic E-state index is 12.8. The number of nitro groups is 1. The highest BCUT2D eigenvalue weighted by atomic mass is 16.6. The Morgan fingerprint density at radius 2 is 2.17 bits per heavy atom. The number of aromatic amines is 1. The summed E-state index contributed by atoms with van der Waals surface area (Å²) >= 11 is 0. The predicted octanol–water partition coefficient (Wildman–Crippen LogP) is 2.79. The molecule has 154 valence electrons. The molecule has 3 heterocycles. The minimum Gasteiger partial charge on any atom is -0.376 e. The number of ether oxygens (including phenoxy) is 2. The number of imidazole rings is 1. The standard InChI is InChI=1S/C20H24N4O5/c25-20(23-8-6-16(7-9-23)29-13-17-5-2-10-28-17)18-12-21-19(22-18)14-3-1-4-15(11-14)24(26)27/h1,3-4,11-12,16-17H,2,5-10,13H2,(H,21,22). The molecule has 2 aliphatic heterocycles. The van der Waals surface area contributed by atoms with Gasteiger partial charge in [0.15, 0.2) is 0 Å². The van der Waals surface area contributed by atoms with Gasteiger partial charge in [-0.15, -0.1) is 0 Å². The molecule has 1 N–H and O–H groups in total. The van der Waals surface area contributed by atoms with E-state index in [-0.39, 0.29) is 23.8 Å². The largest absolute Gasteiger partial charge is 0.376 e. The Morgan fingerprint density at radius 1 is 1.34 bits per heavy atom. The molecule has 0 radical (unpaired) electrons. The van der Waals surface area contributed by atoms with Crippen LogP contribution in [-0.2, 0) is 9.47 Å². The summed E-state index contributed by atoms with van der Waals surface area (Å²) in [6.07, 6.45) is 5.61. The Labute approximate surface area is 168 Å². The third-order valence-corrected chi connectivity index (χ3v) is 5.41. The number of carbonyl (C=O) groups excluding carboxylic acids is 1. The highest BCUT2D eigenvalue weighted by Crippen LogP contribution is 2.23. The molecule has 29 heavy (non-hydrogen) atoms. The van der Waals surface area contributed by atoms with Gasteiger partial charge in [-0.1, -0.05) is 12.1 Å². The SMILES string of the molecule is O=C(c1cnc(-c2cccc([N+](=O)[O-])c2)[nH]1)N1CCC(OCC2CCCO2)CC1. The van der Waals surface area contributed by atoms with Gasteiger partial charge in [0.25, 0.3) is 11.6 Å². The van der Waals surface area contributed by atoms with Crippen molar-refractivity contribution in [1.82, 2.24) is 14.9 Å². The Hall–Kier alpha value is -2.78. The minimum atomic E-state index is -0.455. The van der Waals surface area contributed by atoms with Crippen molar-refractivity contribution < 1.29 is 19.2 Å². The van der Waals surface area contributed by atoms with Gasteiger partial charge in [-0.25, -0.2) is 4.98 Å². The molecule has 2 fully saturated rings. The average Bonchev–Trinajstić information content (AvgIpc) is 3.44. The van der Waals surface area contributed by atoms with E-state index in [2.05, 4.69) is 9.97 Å². The fourth-order valence-corrected chi connectivity index (χ4v) is 3.76. The van der Waals surface area contributed by atoms with E-state index in [4.69, 9.17) is 9.47 Å². The molecule has 4 rings (SSSR count). The van der Waals surface area contributed by atoms with E-state index in [1.165, 1.54) is 18.3 Å². The molecule has 1 atom stereocenters. The molecule has 0 aliphatic carbocycles. The second kappa shape index (κ2) is 8.71. The van der Waals surface area contributed by atoms with Crippen LogP contribution in [0.1, 0.15) is 36.2 Å². The number of nitrogens with zero attached hydrogens (tertiary/aromatic N) is 3. The lowest BCUT2D eigenvalue weighted by molar-refractivity contribution is -0.384. The first-order chi connectivity index (χ1) is 14.1. The molecule has 1 amide bonds. The number of H-pyrrole nitrogens is 1. The van der Waals surface area contributed by atoms with Gasteiger partial charge in [0, 0.05) is 37.4 Å². The number of piperidine rings is 1. The van der Waals surface area contributed by atoms with Crippen LogP contribution >= 0.6 is 0 Å². The zero-order chi connectivity index (χ0) is 20.2. The fourth-order valence-electron chi connectivity index (χ4n) is 3.76. The highest BCUT2D eigenvalue weighted by molar-refractivity contribution is 5.92. The van der Waals surface area contributed by atoms with E-state index in [1.807, 2.05) is 0 Å². The van der Waals surface area contributed by atoms with E-state index >= 15 is 0 Å². The Balaban J connectivity index is 1.32. The topological polar surface area (TPSA) is 111 Å². The van der Waals surface area contributed by atoms with E-state index < -0.39 is 4.92 Å². The Kier molecular flexibility index (Phi) is 5.86. The summed E-state index contributed by atoms with van der Waals surface area (Å²) in [4.78, 5) is 32.3. The molecule has 1 unspecified atom stereocenters. The van der Waals surface area contributed by atoms with Crippen LogP contribution in [0.15, 0.2) is 30.5 Å². The number of amides is 1. The van der Waals surface area contributed by atoms with Gasteiger partial charge in [0.1, 0.15) is 11.5 Å². The van der Waals surface area contributed by atoms with E-state index in [0.717, 1.165) is 32.3 Å². The quantitative estimate of drug-likeness (QED) is 0.590. The predicted molar refractivity (Wildman–Crippen MR) is 105 cm³/mol. The first-order valence-electron chi connectivity index (χ1n) is 9.92. The van der Waals surface area contributed by atoms with Gasteiger partial charge in [0.2, 0.25) is 0 Å². The van der Waals surface area contributed by atoms with Gasteiger partial charge in [-0.3, -0.25) is 14.9 Å². The van der Waals surface area contributed by atoms with Crippen molar-refractivity contribution in [3.63, 3.8) is 0 Å². The van der Waals surface area contributed by atoms with Crippen molar-refractivity contribution in [2.45, 2.75) is 37.9 Å². The number of nitro benzene ring substituents is 1. The van der Waals surface area contributed by atoms with Gasteiger partial charge < -0.3 is 19.4 Å². The van der Waals surface area contributed by atoms with E-state index in [1.54, 1.807) is 17.0 Å². The van der Waals surface area contributed by atoms with Crippen LogP contribution in [0.4, 0.5) is 5.69 Å². The number of rotatable bonds is 6. The summed E-state index contributed by atoms with van der Waals surface area (Å²) in [6.45, 7) is 2.70. The van der Waals surface area contributed by atoms with Crippen LogP contribution in [0, 0.1) is 10.1 Å². The fraction of sp³-hybridized carbons (Fsp3) is 0.500. The summed E-state index contributed by atoms with van der Waals surface area (Å²) in [5, 5.41) is 10.9. The van der Waals surface area contributed by atoms with Crippen molar-refractivity contribution in [1.29, 1.82) is 0 Å². The van der Waals surface area contributed by atoms with Crippen LogP contribution in [0.25, 0.3) is 11.4 Å². The second-order valence-electron chi connectivity index (χ2n) is 7.41. The zero-order valence-electron chi connectivity index (χ0n) is 16.1. The molecule has 2 aromatic rings. The number of aromatic nitrogens is 2. The Bertz CT molecular complexity index is 869. The van der Waals surface area contributed by atoms with Crippen LogP contribution in [0.3, 0.4) is 0 Å². The number of benzene rings is 1. The van der Waals surface area contributed by atoms with Crippen molar-refractivity contribution in [2.24, 2.45) is 0 Å². The van der Waals surface area contributed by atoms with Gasteiger partial charge >= 0.3 is 0 Å². The minimum absolute atomic E-state index is 0.0168. The molecule has 9 heteroatoms. The molecule has 0 spiro atoms. The normalized spacial score (nSPS) is 20.1. The van der Waals surface area contributed by atoms with Crippen molar-refractivity contribution in [3.8, 4) is 11.4 Å². The number of nitrogens with one attached hydrogen (secondary N) is 1. The maximum atomic E-state index is 12.8. The molecule has 2 saturated heterocycles. The average molecular weight is 400 g/mol. The Morgan fingerprint density at radius 3 is 2.90 bits per heavy atom. The maximum Gasteiger partial charge on any atom is 0.271 e. The van der Waals surface area contributed by atoms with Crippen molar-refractivity contribution in [3.05, 3.63) is 46.3 Å². The molecule has 1 aromatic carbocycles. The van der Waals surface area contributed by atoms with Crippen molar-refractivity contribution >= 4 is 11.6 Å². The number of likely N-dealkylation sites (tertiary alicyclic amines) is 1. The van der Waals surface area contributed by atoms with Gasteiger partial charge in [0.05, 0.1) is 29.9 Å². The van der Waals surface area contributed by atoms with Crippen LogP contribution in [-0.4, -0.2) is 64.2 Å². The first-order valence-corrected chi connectivity index (χ1v) is 9.92. The first kappa shape index (κ1) is 19.5. The van der Waals surface area contributed by atoms with Gasteiger partial charge in [-0.05, 0) is 25.7 Å². The van der Waals surface area contributed by atoms with E-state index in [0.29, 0.717) is 36.8 Å². The summed E-state index contributed by atoms with van der Waals surface area (Å²) < 4.78 is 11.5. The lowest BCUT2D eigenvalue weighted by atomic mass is 10.1. The summed E-state index contributed by atoms with van der Waals surface area (Å²) in [5.41, 5.74) is 0.932. The van der Waals surface area contributed by atoms with E-state index in [9.17, 15) is 14.9 Å². The summed E-state index contributed by atoms with van der Waals surface area (Å²) in [5.74, 6) is 0.318. The third-order valence-electron chi connectivity index (χ3n) is 5.41. The zero-order valence-corrected chi connectivity index (χ0v) is 16.1. The van der Waals surface area contributed by atoms with Crippen LogP contribution < -0.4 is 0 Å². The number of hydrogen-bond donors (Lipinski definition) is 1.